The van der Waals surface area contributed by atoms with E-state index in [9.17, 15) is 0 Å². The van der Waals surface area contributed by atoms with Crippen LogP contribution in [0.2, 0.25) is 0 Å². The average Bonchev–Trinajstić information content (AvgIpc) is 2.41. The number of benzene rings is 1. The number of rotatable bonds is 5. The Kier molecular flexibility index (Phi) is 6.11. The maximum atomic E-state index is 3.72. The van der Waals surface area contributed by atoms with Crippen LogP contribution < -0.4 is 5.32 Å². The summed E-state index contributed by atoms with van der Waals surface area (Å²) in [7, 11) is 0. The van der Waals surface area contributed by atoms with Crippen molar-refractivity contribution in [3.63, 3.8) is 0 Å². The van der Waals surface area contributed by atoms with Crippen molar-refractivity contribution in [2.75, 3.05) is 18.1 Å². The summed E-state index contributed by atoms with van der Waals surface area (Å²) >= 11 is 4.30. The van der Waals surface area contributed by atoms with Crippen molar-refractivity contribution in [2.45, 2.75) is 43.7 Å². The lowest BCUT2D eigenvalue weighted by atomic mass is 9.98. The molecule has 0 spiro atoms. The van der Waals surface area contributed by atoms with Crippen molar-refractivity contribution in [1.29, 1.82) is 0 Å². The number of likely N-dealkylation sites (N-methyl/N-ethyl adjacent to an activating group) is 1. The van der Waals surface area contributed by atoms with Crippen LogP contribution in [0.15, 0.2) is 24.3 Å². The molecule has 0 aromatic heterocycles. The zero-order valence-corrected chi connectivity index (χ0v) is 13.8. The molecule has 1 aromatic carbocycles. The van der Waals surface area contributed by atoms with Gasteiger partial charge in [-0.25, -0.2) is 0 Å². The van der Waals surface area contributed by atoms with Crippen LogP contribution in [0.25, 0.3) is 0 Å². The Hall–Kier alpha value is -0.120. The molecule has 0 bridgehead atoms. The third-order valence-corrected chi connectivity index (χ3v) is 7.05. The second-order valence-electron chi connectivity index (χ2n) is 5.21. The predicted octanol–water partition coefficient (Wildman–Crippen LogP) is 3.75. The van der Waals surface area contributed by atoms with Gasteiger partial charge in [-0.1, -0.05) is 38.1 Å². The molecule has 1 aromatic rings. The molecule has 19 heavy (non-hydrogen) atoms. The first-order valence-corrected chi connectivity index (χ1v) is 9.33. The normalized spacial score (nSPS) is 25.2. The van der Waals surface area contributed by atoms with Gasteiger partial charge in [0.25, 0.3) is 0 Å². The third kappa shape index (κ3) is 4.17. The fourth-order valence-electron chi connectivity index (χ4n) is 2.73. The molecule has 3 atom stereocenters. The van der Waals surface area contributed by atoms with Gasteiger partial charge in [0, 0.05) is 28.0 Å². The molecular weight excluding hydrogens is 270 g/mol. The van der Waals surface area contributed by atoms with Crippen molar-refractivity contribution in [3.05, 3.63) is 35.4 Å². The molecule has 3 unspecified atom stereocenters. The standard InChI is InChI=1S/C16H25NS2/c1-4-17-15(16-13(3)18-9-10-19-16)11-14-8-6-5-7-12(14)2/h5-8,13,15-17H,4,9-11H2,1-3H3. The van der Waals surface area contributed by atoms with Gasteiger partial charge in [-0.15, -0.1) is 0 Å². The lowest BCUT2D eigenvalue weighted by Crippen LogP contribution is -2.45. The fourth-order valence-corrected chi connectivity index (χ4v) is 5.69. The van der Waals surface area contributed by atoms with Crippen molar-refractivity contribution in [1.82, 2.24) is 5.32 Å². The summed E-state index contributed by atoms with van der Waals surface area (Å²) in [6, 6.07) is 9.40. The van der Waals surface area contributed by atoms with Crippen molar-refractivity contribution in [2.24, 2.45) is 0 Å². The smallest absolute Gasteiger partial charge is 0.0320 e. The third-order valence-electron chi connectivity index (χ3n) is 3.80. The van der Waals surface area contributed by atoms with Crippen LogP contribution in [0.1, 0.15) is 25.0 Å². The van der Waals surface area contributed by atoms with Crippen LogP contribution in [0.3, 0.4) is 0 Å². The molecule has 3 heteroatoms. The van der Waals surface area contributed by atoms with Crippen LogP contribution in [0, 0.1) is 6.92 Å². The topological polar surface area (TPSA) is 12.0 Å². The first kappa shape index (κ1) is 15.3. The molecular formula is C16H25NS2. The highest BCUT2D eigenvalue weighted by molar-refractivity contribution is 8.07. The number of thioether (sulfide) groups is 2. The molecule has 1 aliphatic heterocycles. The van der Waals surface area contributed by atoms with E-state index in [2.05, 4.69) is 73.9 Å². The van der Waals surface area contributed by atoms with E-state index < -0.39 is 0 Å². The first-order valence-electron chi connectivity index (χ1n) is 7.23. The zero-order valence-electron chi connectivity index (χ0n) is 12.2. The maximum absolute atomic E-state index is 3.72. The SMILES string of the molecule is CCNC(Cc1ccccc1C)C1SCCSC1C. The number of hydrogen-bond donors (Lipinski definition) is 1. The van der Waals surface area contributed by atoms with E-state index in [1.807, 2.05) is 0 Å². The predicted molar refractivity (Wildman–Crippen MR) is 90.5 cm³/mol. The lowest BCUT2D eigenvalue weighted by Gasteiger charge is -2.35. The van der Waals surface area contributed by atoms with Gasteiger partial charge in [0.2, 0.25) is 0 Å². The minimum absolute atomic E-state index is 0.596. The summed E-state index contributed by atoms with van der Waals surface area (Å²) in [5.41, 5.74) is 2.92. The highest BCUT2D eigenvalue weighted by atomic mass is 32.2. The summed E-state index contributed by atoms with van der Waals surface area (Å²) in [6.07, 6.45) is 1.16. The van der Waals surface area contributed by atoms with Gasteiger partial charge < -0.3 is 5.32 Å². The fraction of sp³-hybridized carbons (Fsp3) is 0.625. The van der Waals surface area contributed by atoms with Crippen LogP contribution in [-0.2, 0) is 6.42 Å². The summed E-state index contributed by atoms with van der Waals surface area (Å²) < 4.78 is 0. The van der Waals surface area contributed by atoms with Gasteiger partial charge in [-0.05, 0) is 31.0 Å². The van der Waals surface area contributed by atoms with Crippen molar-refractivity contribution in [3.8, 4) is 0 Å². The molecule has 1 aliphatic rings. The Bertz CT molecular complexity index is 394. The molecule has 1 fully saturated rings. The molecule has 2 rings (SSSR count). The Morgan fingerprint density at radius 1 is 1.26 bits per heavy atom. The summed E-state index contributed by atoms with van der Waals surface area (Å²) in [5, 5.41) is 5.22. The highest BCUT2D eigenvalue weighted by Crippen LogP contribution is 2.34. The minimum Gasteiger partial charge on any atom is -0.313 e. The summed E-state index contributed by atoms with van der Waals surface area (Å²) in [4.78, 5) is 0. The maximum Gasteiger partial charge on any atom is 0.0320 e. The second kappa shape index (κ2) is 7.61. The second-order valence-corrected chi connectivity index (χ2v) is 7.98. The average molecular weight is 296 g/mol. The molecule has 1 nitrogen and oxygen atoms in total. The largest absolute Gasteiger partial charge is 0.313 e. The molecule has 1 saturated heterocycles. The summed E-state index contributed by atoms with van der Waals surface area (Å²) in [6.45, 7) is 7.90. The van der Waals surface area contributed by atoms with Gasteiger partial charge in [0.15, 0.2) is 0 Å². The molecule has 0 saturated carbocycles. The van der Waals surface area contributed by atoms with Crippen molar-refractivity contribution < 1.29 is 0 Å². The Morgan fingerprint density at radius 2 is 2.00 bits per heavy atom. The Morgan fingerprint density at radius 3 is 2.68 bits per heavy atom. The van der Waals surface area contributed by atoms with E-state index >= 15 is 0 Å². The number of aryl methyl sites for hydroxylation is 1. The van der Waals surface area contributed by atoms with Crippen LogP contribution >= 0.6 is 23.5 Å². The molecule has 106 valence electrons. The van der Waals surface area contributed by atoms with Crippen LogP contribution in [0.5, 0.6) is 0 Å². The molecule has 0 amide bonds. The summed E-state index contributed by atoms with van der Waals surface area (Å²) in [5.74, 6) is 2.61. The van der Waals surface area contributed by atoms with Crippen LogP contribution in [0.4, 0.5) is 0 Å². The van der Waals surface area contributed by atoms with Gasteiger partial charge in [-0.3, -0.25) is 0 Å². The van der Waals surface area contributed by atoms with Gasteiger partial charge in [-0.2, -0.15) is 23.5 Å². The van der Waals surface area contributed by atoms with E-state index in [4.69, 9.17) is 0 Å². The number of nitrogens with one attached hydrogen (secondary N) is 1. The highest BCUT2D eigenvalue weighted by Gasteiger charge is 2.30. The quantitative estimate of drug-likeness (QED) is 0.888. The van der Waals surface area contributed by atoms with Gasteiger partial charge in [0.05, 0.1) is 0 Å². The number of hydrogen-bond acceptors (Lipinski definition) is 3. The van der Waals surface area contributed by atoms with E-state index in [-0.39, 0.29) is 0 Å². The molecule has 0 radical (unpaired) electrons. The van der Waals surface area contributed by atoms with E-state index in [0.29, 0.717) is 6.04 Å². The van der Waals surface area contributed by atoms with Crippen LogP contribution in [-0.4, -0.2) is 34.6 Å². The van der Waals surface area contributed by atoms with E-state index in [1.165, 1.54) is 22.6 Å². The van der Waals surface area contributed by atoms with Crippen molar-refractivity contribution >= 4 is 23.5 Å². The molecule has 1 heterocycles. The Balaban J connectivity index is 2.09. The van der Waals surface area contributed by atoms with Gasteiger partial charge in [0.1, 0.15) is 0 Å². The first-order chi connectivity index (χ1) is 9.22. The monoisotopic (exact) mass is 295 g/mol. The lowest BCUT2D eigenvalue weighted by molar-refractivity contribution is 0.500. The van der Waals surface area contributed by atoms with E-state index in [1.54, 1.807) is 0 Å². The van der Waals surface area contributed by atoms with Gasteiger partial charge >= 0.3 is 0 Å². The molecule has 1 N–H and O–H groups in total. The Labute approximate surface area is 126 Å². The molecule has 0 aliphatic carbocycles. The zero-order chi connectivity index (χ0) is 13.7. The van der Waals surface area contributed by atoms with E-state index in [0.717, 1.165) is 23.5 Å². The minimum atomic E-state index is 0.596.